The van der Waals surface area contributed by atoms with Crippen LogP contribution < -0.4 is 0 Å². The number of aliphatic hydroxyl groups excluding tert-OH is 1. The smallest absolute Gasteiger partial charge is 0.263 e. The summed E-state index contributed by atoms with van der Waals surface area (Å²) in [5.74, 6) is 6.82. The van der Waals surface area contributed by atoms with Crippen molar-refractivity contribution in [3.05, 3.63) is 21.4 Å². The molecular weight excluding hydrogens is 270 g/mol. The van der Waals surface area contributed by atoms with Crippen molar-refractivity contribution in [2.24, 2.45) is 5.92 Å². The Bertz CT molecular complexity index is 530. The van der Waals surface area contributed by atoms with Gasteiger partial charge in [0.1, 0.15) is 0 Å². The quantitative estimate of drug-likeness (QED) is 0.851. The first-order valence-electron chi connectivity index (χ1n) is 7.11. The van der Waals surface area contributed by atoms with E-state index in [9.17, 15) is 4.79 Å². The molecule has 1 fully saturated rings. The Morgan fingerprint density at radius 2 is 2.20 bits per heavy atom. The van der Waals surface area contributed by atoms with Gasteiger partial charge in [0.05, 0.1) is 16.4 Å². The van der Waals surface area contributed by atoms with E-state index in [1.54, 1.807) is 0 Å². The second-order valence-corrected chi connectivity index (χ2v) is 6.43. The van der Waals surface area contributed by atoms with Gasteiger partial charge >= 0.3 is 0 Å². The van der Waals surface area contributed by atoms with Crippen LogP contribution in [0.4, 0.5) is 0 Å². The van der Waals surface area contributed by atoms with Crippen molar-refractivity contribution >= 4 is 17.2 Å². The molecular formula is C16H21NO2S. The van der Waals surface area contributed by atoms with Crippen LogP contribution in [-0.2, 0) is 0 Å². The number of nitrogens with zero attached hydrogens (tertiary/aromatic N) is 1. The van der Waals surface area contributed by atoms with Gasteiger partial charge in [-0.2, -0.15) is 0 Å². The first kappa shape index (κ1) is 15.1. The van der Waals surface area contributed by atoms with Crippen molar-refractivity contribution in [1.82, 2.24) is 4.90 Å². The molecule has 1 aliphatic heterocycles. The molecule has 0 atom stereocenters. The summed E-state index contributed by atoms with van der Waals surface area (Å²) in [7, 11) is 0. The van der Waals surface area contributed by atoms with Gasteiger partial charge in [-0.05, 0) is 37.3 Å². The zero-order valence-corrected chi connectivity index (χ0v) is 12.9. The summed E-state index contributed by atoms with van der Waals surface area (Å²) in [5, 5.41) is 8.74. The van der Waals surface area contributed by atoms with Gasteiger partial charge in [-0.1, -0.05) is 18.8 Å². The number of aliphatic hydroxyl groups is 1. The second kappa shape index (κ2) is 6.92. The van der Waals surface area contributed by atoms with Gasteiger partial charge in [-0.15, -0.1) is 11.3 Å². The highest BCUT2D eigenvalue weighted by Crippen LogP contribution is 2.25. The van der Waals surface area contributed by atoms with E-state index in [4.69, 9.17) is 5.11 Å². The van der Waals surface area contributed by atoms with E-state index in [-0.39, 0.29) is 12.5 Å². The van der Waals surface area contributed by atoms with Crippen LogP contribution >= 0.6 is 11.3 Å². The predicted molar refractivity (Wildman–Crippen MR) is 81.9 cm³/mol. The zero-order valence-electron chi connectivity index (χ0n) is 12.1. The molecule has 108 valence electrons. The van der Waals surface area contributed by atoms with Crippen molar-refractivity contribution < 1.29 is 9.90 Å². The number of carbonyl (C=O) groups excluding carboxylic acids is 1. The summed E-state index contributed by atoms with van der Waals surface area (Å²) >= 11 is 1.47. The van der Waals surface area contributed by atoms with E-state index in [0.717, 1.165) is 47.2 Å². The molecule has 1 aromatic heterocycles. The minimum Gasteiger partial charge on any atom is -0.395 e. The van der Waals surface area contributed by atoms with E-state index >= 15 is 0 Å². The maximum atomic E-state index is 12.5. The number of likely N-dealkylation sites (tertiary alicyclic amines) is 1. The molecule has 0 aliphatic carbocycles. The van der Waals surface area contributed by atoms with Crippen molar-refractivity contribution in [3.8, 4) is 11.8 Å². The average Bonchev–Trinajstić information content (AvgIpc) is 2.81. The molecule has 0 saturated carbocycles. The van der Waals surface area contributed by atoms with E-state index < -0.39 is 0 Å². The number of carbonyl (C=O) groups is 1. The first-order valence-corrected chi connectivity index (χ1v) is 7.93. The fraction of sp³-hybridized carbons (Fsp3) is 0.562. The summed E-state index contributed by atoms with van der Waals surface area (Å²) < 4.78 is 0. The SMILES string of the molecule is Cc1cc(C(=O)N2CCC(C)CC2)sc1C#CCCO. The molecule has 1 N–H and O–H groups in total. The van der Waals surface area contributed by atoms with Crippen LogP contribution in [0.15, 0.2) is 6.07 Å². The molecule has 0 bridgehead atoms. The van der Waals surface area contributed by atoms with Crippen LogP contribution in [0, 0.1) is 24.7 Å². The topological polar surface area (TPSA) is 40.5 Å². The van der Waals surface area contributed by atoms with E-state index in [1.165, 1.54) is 11.3 Å². The van der Waals surface area contributed by atoms with Crippen LogP contribution in [0.3, 0.4) is 0 Å². The van der Waals surface area contributed by atoms with Gasteiger partial charge in [0, 0.05) is 19.5 Å². The standard InChI is InChI=1S/C16H21NO2S/c1-12-6-8-17(9-7-12)16(19)15-11-13(2)14(20-15)5-3-4-10-18/h11-12,18H,4,6-10H2,1-2H3. The van der Waals surface area contributed by atoms with E-state index in [2.05, 4.69) is 18.8 Å². The Kier molecular flexibility index (Phi) is 5.22. The largest absolute Gasteiger partial charge is 0.395 e. The van der Waals surface area contributed by atoms with Gasteiger partial charge in [-0.3, -0.25) is 4.79 Å². The molecule has 1 saturated heterocycles. The lowest BCUT2D eigenvalue weighted by Gasteiger charge is -2.29. The minimum absolute atomic E-state index is 0.0785. The highest BCUT2D eigenvalue weighted by Gasteiger charge is 2.23. The highest BCUT2D eigenvalue weighted by molar-refractivity contribution is 7.14. The lowest BCUT2D eigenvalue weighted by atomic mass is 9.99. The van der Waals surface area contributed by atoms with Crippen molar-refractivity contribution in [2.45, 2.75) is 33.1 Å². The Morgan fingerprint density at radius 3 is 2.85 bits per heavy atom. The molecule has 1 aliphatic rings. The number of rotatable bonds is 2. The van der Waals surface area contributed by atoms with E-state index in [0.29, 0.717) is 6.42 Å². The summed E-state index contributed by atoms with van der Waals surface area (Å²) in [6.45, 7) is 6.03. The molecule has 2 rings (SSSR count). The Labute approximate surface area is 124 Å². The first-order chi connectivity index (χ1) is 9.61. The summed E-state index contributed by atoms with van der Waals surface area (Å²) in [4.78, 5) is 16.1. The third-order valence-electron chi connectivity index (χ3n) is 3.64. The molecule has 0 unspecified atom stereocenters. The molecule has 0 aromatic carbocycles. The summed E-state index contributed by atoms with van der Waals surface area (Å²) in [6, 6.07) is 1.94. The van der Waals surface area contributed by atoms with Crippen LogP contribution in [-0.4, -0.2) is 35.6 Å². The highest BCUT2D eigenvalue weighted by atomic mass is 32.1. The van der Waals surface area contributed by atoms with Crippen molar-refractivity contribution in [2.75, 3.05) is 19.7 Å². The van der Waals surface area contributed by atoms with Gasteiger partial charge in [0.25, 0.3) is 5.91 Å². The number of amides is 1. The average molecular weight is 291 g/mol. The number of aryl methyl sites for hydroxylation is 1. The Balaban J connectivity index is 2.08. The molecule has 20 heavy (non-hydrogen) atoms. The fourth-order valence-electron chi connectivity index (χ4n) is 2.28. The minimum atomic E-state index is 0.0785. The van der Waals surface area contributed by atoms with Gasteiger partial charge < -0.3 is 10.0 Å². The van der Waals surface area contributed by atoms with Gasteiger partial charge in [0.15, 0.2) is 0 Å². The lowest BCUT2D eigenvalue weighted by molar-refractivity contribution is 0.0702. The normalized spacial score (nSPS) is 15.8. The molecule has 2 heterocycles. The molecule has 3 nitrogen and oxygen atoms in total. The number of hydrogen-bond acceptors (Lipinski definition) is 3. The fourth-order valence-corrected chi connectivity index (χ4v) is 3.29. The summed E-state index contributed by atoms with van der Waals surface area (Å²) in [5.41, 5.74) is 1.05. The van der Waals surface area contributed by atoms with Crippen LogP contribution in [0.5, 0.6) is 0 Å². The Morgan fingerprint density at radius 1 is 1.50 bits per heavy atom. The molecule has 4 heteroatoms. The Hall–Kier alpha value is -1.31. The van der Waals surface area contributed by atoms with Crippen molar-refractivity contribution in [3.63, 3.8) is 0 Å². The van der Waals surface area contributed by atoms with Crippen LogP contribution in [0.25, 0.3) is 0 Å². The van der Waals surface area contributed by atoms with Gasteiger partial charge in [0.2, 0.25) is 0 Å². The van der Waals surface area contributed by atoms with Crippen LogP contribution in [0.2, 0.25) is 0 Å². The van der Waals surface area contributed by atoms with Crippen LogP contribution in [0.1, 0.15) is 46.3 Å². The second-order valence-electron chi connectivity index (χ2n) is 5.37. The lowest BCUT2D eigenvalue weighted by Crippen LogP contribution is -2.37. The number of thiophene rings is 1. The molecule has 1 aromatic rings. The summed E-state index contributed by atoms with van der Waals surface area (Å²) in [6.07, 6.45) is 2.67. The van der Waals surface area contributed by atoms with E-state index in [1.807, 2.05) is 17.9 Å². The molecule has 0 radical (unpaired) electrons. The molecule has 0 spiro atoms. The number of piperidine rings is 1. The maximum absolute atomic E-state index is 12.5. The van der Waals surface area contributed by atoms with Gasteiger partial charge in [-0.25, -0.2) is 0 Å². The predicted octanol–water partition coefficient (Wildman–Crippen LogP) is 2.66. The number of hydrogen-bond donors (Lipinski definition) is 1. The zero-order chi connectivity index (χ0) is 14.5. The molecule has 1 amide bonds. The monoisotopic (exact) mass is 291 g/mol. The third-order valence-corrected chi connectivity index (χ3v) is 4.78. The maximum Gasteiger partial charge on any atom is 0.263 e. The third kappa shape index (κ3) is 3.62. The van der Waals surface area contributed by atoms with Crippen molar-refractivity contribution in [1.29, 1.82) is 0 Å².